The van der Waals surface area contributed by atoms with Crippen LogP contribution in [0.4, 0.5) is 0 Å². The molecule has 0 saturated carbocycles. The molecule has 2 aliphatic rings. The van der Waals surface area contributed by atoms with Crippen molar-refractivity contribution in [1.82, 2.24) is 20.0 Å². The van der Waals surface area contributed by atoms with E-state index in [0.29, 0.717) is 43.9 Å². The highest BCUT2D eigenvalue weighted by atomic mass is 16.5. The number of ether oxygens (including phenoxy) is 1. The lowest BCUT2D eigenvalue weighted by atomic mass is 10.1. The molecule has 2 aliphatic heterocycles. The summed E-state index contributed by atoms with van der Waals surface area (Å²) in [6.07, 6.45) is 0. The van der Waals surface area contributed by atoms with Gasteiger partial charge in [0.15, 0.2) is 0 Å². The summed E-state index contributed by atoms with van der Waals surface area (Å²) in [5, 5.41) is 2.92. The molecule has 8 heteroatoms. The van der Waals surface area contributed by atoms with Gasteiger partial charge in [-0.1, -0.05) is 6.07 Å². The van der Waals surface area contributed by atoms with Gasteiger partial charge in [0.05, 0.1) is 13.2 Å². The van der Waals surface area contributed by atoms with E-state index in [1.165, 1.54) is 0 Å². The number of benzene rings is 1. The number of piperazine rings is 1. The van der Waals surface area contributed by atoms with Crippen LogP contribution in [0.3, 0.4) is 0 Å². The Morgan fingerprint density at radius 3 is 2.29 bits per heavy atom. The van der Waals surface area contributed by atoms with Crippen molar-refractivity contribution in [2.45, 2.75) is 6.92 Å². The minimum atomic E-state index is -0.177. The fraction of sp³-hybridized carbons (Fsp3) is 0.550. The number of morpholine rings is 1. The van der Waals surface area contributed by atoms with Gasteiger partial charge in [-0.2, -0.15) is 0 Å². The fourth-order valence-corrected chi connectivity index (χ4v) is 3.45. The predicted octanol–water partition coefficient (Wildman–Crippen LogP) is 0.0529. The number of amides is 3. The highest BCUT2D eigenvalue weighted by molar-refractivity contribution is 5.99. The van der Waals surface area contributed by atoms with Crippen molar-refractivity contribution in [2.75, 3.05) is 65.6 Å². The molecule has 28 heavy (non-hydrogen) atoms. The number of carbonyl (C=O) groups excluding carboxylic acids is 3. The second-order valence-corrected chi connectivity index (χ2v) is 7.09. The van der Waals surface area contributed by atoms with Gasteiger partial charge in [-0.3, -0.25) is 19.3 Å². The summed E-state index contributed by atoms with van der Waals surface area (Å²) in [7, 11) is 0. The summed E-state index contributed by atoms with van der Waals surface area (Å²) < 4.78 is 5.32. The molecule has 0 bridgehead atoms. The Morgan fingerprint density at radius 1 is 0.964 bits per heavy atom. The van der Waals surface area contributed by atoms with Crippen molar-refractivity contribution in [2.24, 2.45) is 0 Å². The van der Waals surface area contributed by atoms with Gasteiger partial charge in [-0.25, -0.2) is 0 Å². The van der Waals surface area contributed by atoms with Crippen LogP contribution in [-0.2, 0) is 9.53 Å². The lowest BCUT2D eigenvalue weighted by molar-refractivity contribution is -0.130. The third-order valence-corrected chi connectivity index (χ3v) is 5.20. The molecule has 0 atom stereocenters. The molecule has 0 radical (unpaired) electrons. The number of nitrogens with one attached hydrogen (secondary N) is 1. The van der Waals surface area contributed by atoms with Crippen molar-refractivity contribution < 1.29 is 19.1 Å². The third kappa shape index (κ3) is 5.30. The highest BCUT2D eigenvalue weighted by Crippen LogP contribution is 2.11. The van der Waals surface area contributed by atoms with Gasteiger partial charge < -0.3 is 19.9 Å². The van der Waals surface area contributed by atoms with Crippen LogP contribution in [0.2, 0.25) is 0 Å². The standard InChI is InChI=1S/C20H28N4O4/c1-16(25)23-7-9-24(10-8-23)20(27)18-4-2-3-17(15-18)19(26)21-5-6-22-11-13-28-14-12-22/h2-4,15H,5-14H2,1H3,(H,21,26). The van der Waals surface area contributed by atoms with E-state index < -0.39 is 0 Å². The Kier molecular flexibility index (Phi) is 7.00. The van der Waals surface area contributed by atoms with Gasteiger partial charge in [-0.05, 0) is 18.2 Å². The molecule has 2 fully saturated rings. The topological polar surface area (TPSA) is 82.2 Å². The smallest absolute Gasteiger partial charge is 0.253 e. The van der Waals surface area contributed by atoms with Gasteiger partial charge in [0.25, 0.3) is 11.8 Å². The molecule has 1 aromatic rings. The molecule has 0 aliphatic carbocycles. The highest BCUT2D eigenvalue weighted by Gasteiger charge is 2.23. The Labute approximate surface area is 165 Å². The molecule has 3 rings (SSSR count). The van der Waals surface area contributed by atoms with Crippen molar-refractivity contribution in [1.29, 1.82) is 0 Å². The van der Waals surface area contributed by atoms with Gasteiger partial charge >= 0.3 is 0 Å². The minimum Gasteiger partial charge on any atom is -0.379 e. The van der Waals surface area contributed by atoms with E-state index in [0.717, 1.165) is 32.8 Å². The van der Waals surface area contributed by atoms with E-state index in [1.54, 1.807) is 41.0 Å². The van der Waals surface area contributed by atoms with Crippen LogP contribution in [0.5, 0.6) is 0 Å². The van der Waals surface area contributed by atoms with Crippen molar-refractivity contribution >= 4 is 17.7 Å². The quantitative estimate of drug-likeness (QED) is 0.771. The number of hydrogen-bond acceptors (Lipinski definition) is 5. The Morgan fingerprint density at radius 2 is 1.61 bits per heavy atom. The SMILES string of the molecule is CC(=O)N1CCN(C(=O)c2cccc(C(=O)NCCN3CCOCC3)c2)CC1. The summed E-state index contributed by atoms with van der Waals surface area (Å²) >= 11 is 0. The maximum atomic E-state index is 12.7. The molecule has 1 N–H and O–H groups in total. The van der Waals surface area contributed by atoms with Crippen molar-refractivity contribution in [3.8, 4) is 0 Å². The van der Waals surface area contributed by atoms with E-state index in [-0.39, 0.29) is 17.7 Å². The number of nitrogens with zero attached hydrogens (tertiary/aromatic N) is 3. The maximum absolute atomic E-state index is 12.7. The van der Waals surface area contributed by atoms with Gasteiger partial charge in [-0.15, -0.1) is 0 Å². The second-order valence-electron chi connectivity index (χ2n) is 7.09. The predicted molar refractivity (Wildman–Crippen MR) is 104 cm³/mol. The van der Waals surface area contributed by atoms with Gasteiger partial charge in [0.2, 0.25) is 5.91 Å². The first-order valence-corrected chi connectivity index (χ1v) is 9.78. The lowest BCUT2D eigenvalue weighted by Crippen LogP contribution is -2.50. The van der Waals surface area contributed by atoms with E-state index in [9.17, 15) is 14.4 Å². The van der Waals surface area contributed by atoms with E-state index in [4.69, 9.17) is 4.74 Å². The third-order valence-electron chi connectivity index (χ3n) is 5.20. The largest absolute Gasteiger partial charge is 0.379 e. The summed E-state index contributed by atoms with van der Waals surface area (Å²) in [6.45, 7) is 8.23. The lowest BCUT2D eigenvalue weighted by Gasteiger charge is -2.34. The summed E-state index contributed by atoms with van der Waals surface area (Å²) in [6, 6.07) is 6.82. The molecule has 8 nitrogen and oxygen atoms in total. The first kappa shape index (κ1) is 20.3. The average molecular weight is 388 g/mol. The van der Waals surface area contributed by atoms with E-state index in [2.05, 4.69) is 10.2 Å². The first-order chi connectivity index (χ1) is 13.5. The zero-order valence-corrected chi connectivity index (χ0v) is 16.4. The molecule has 1 aromatic carbocycles. The first-order valence-electron chi connectivity index (χ1n) is 9.78. The molecule has 0 unspecified atom stereocenters. The van der Waals surface area contributed by atoms with Crippen LogP contribution in [0.15, 0.2) is 24.3 Å². The summed E-state index contributed by atoms with van der Waals surface area (Å²) in [5.74, 6) is -0.252. The second kappa shape index (κ2) is 9.66. The molecule has 0 spiro atoms. The van der Waals surface area contributed by atoms with Gasteiger partial charge in [0, 0.05) is 70.4 Å². The fourth-order valence-electron chi connectivity index (χ4n) is 3.45. The van der Waals surface area contributed by atoms with Crippen LogP contribution in [0.25, 0.3) is 0 Å². The van der Waals surface area contributed by atoms with Crippen LogP contribution in [0.1, 0.15) is 27.6 Å². The minimum absolute atomic E-state index is 0.0304. The van der Waals surface area contributed by atoms with Gasteiger partial charge in [0.1, 0.15) is 0 Å². The van der Waals surface area contributed by atoms with Crippen LogP contribution < -0.4 is 5.32 Å². The molecule has 3 amide bonds. The Hall–Kier alpha value is -2.45. The number of rotatable bonds is 5. The monoisotopic (exact) mass is 388 g/mol. The maximum Gasteiger partial charge on any atom is 0.253 e. The van der Waals surface area contributed by atoms with E-state index in [1.807, 2.05) is 0 Å². The molecule has 2 saturated heterocycles. The Balaban J connectivity index is 1.52. The van der Waals surface area contributed by atoms with Crippen molar-refractivity contribution in [3.05, 3.63) is 35.4 Å². The normalized spacial score (nSPS) is 18.0. The van der Waals surface area contributed by atoms with Crippen LogP contribution >= 0.6 is 0 Å². The van der Waals surface area contributed by atoms with Crippen LogP contribution in [0, 0.1) is 0 Å². The zero-order valence-electron chi connectivity index (χ0n) is 16.4. The van der Waals surface area contributed by atoms with Crippen LogP contribution in [-0.4, -0.2) is 98.0 Å². The number of hydrogen-bond donors (Lipinski definition) is 1. The Bertz CT molecular complexity index is 710. The zero-order chi connectivity index (χ0) is 19.9. The summed E-state index contributed by atoms with van der Waals surface area (Å²) in [5.41, 5.74) is 0.979. The molecule has 0 aromatic heterocycles. The average Bonchev–Trinajstić information content (AvgIpc) is 2.74. The molecular weight excluding hydrogens is 360 g/mol. The van der Waals surface area contributed by atoms with Crippen molar-refractivity contribution in [3.63, 3.8) is 0 Å². The van der Waals surface area contributed by atoms with E-state index >= 15 is 0 Å². The molecule has 2 heterocycles. The summed E-state index contributed by atoms with van der Waals surface area (Å²) in [4.78, 5) is 42.3. The molecular formula is C20H28N4O4. The molecule has 152 valence electrons. The number of carbonyl (C=O) groups is 3.